The highest BCUT2D eigenvalue weighted by Crippen LogP contribution is 2.47. The van der Waals surface area contributed by atoms with Gasteiger partial charge in [0.05, 0.1) is 19.3 Å². The van der Waals surface area contributed by atoms with Crippen LogP contribution < -0.4 is 5.32 Å². The zero-order chi connectivity index (χ0) is 12.8. The lowest BCUT2D eigenvalue weighted by Crippen LogP contribution is -2.41. The molecule has 5 nitrogen and oxygen atoms in total. The van der Waals surface area contributed by atoms with Crippen LogP contribution in [0.25, 0.3) is 0 Å². The van der Waals surface area contributed by atoms with E-state index >= 15 is 0 Å². The number of ether oxygens (including phenoxy) is 1. The van der Waals surface area contributed by atoms with Gasteiger partial charge in [-0.1, -0.05) is 0 Å². The Kier molecular flexibility index (Phi) is 4.56. The number of rotatable bonds is 6. The van der Waals surface area contributed by atoms with Gasteiger partial charge in [0.2, 0.25) is 5.91 Å². The number of morpholine rings is 1. The summed E-state index contributed by atoms with van der Waals surface area (Å²) in [6.07, 6.45) is 3.47. The van der Waals surface area contributed by atoms with Crippen LogP contribution in [0, 0.1) is 16.7 Å². The summed E-state index contributed by atoms with van der Waals surface area (Å²) >= 11 is 0. The summed E-state index contributed by atoms with van der Waals surface area (Å²) in [5, 5.41) is 12.0. The molecule has 0 atom stereocenters. The van der Waals surface area contributed by atoms with Crippen LogP contribution in [0.1, 0.15) is 25.7 Å². The molecule has 5 heteroatoms. The van der Waals surface area contributed by atoms with Gasteiger partial charge >= 0.3 is 0 Å². The molecule has 0 aromatic rings. The van der Waals surface area contributed by atoms with Crippen molar-refractivity contribution in [3.63, 3.8) is 0 Å². The summed E-state index contributed by atoms with van der Waals surface area (Å²) in [5.74, 6) is 0.205. The second-order valence-electron chi connectivity index (χ2n) is 5.25. The number of nitrogens with one attached hydrogen (secondary N) is 1. The van der Waals surface area contributed by atoms with Crippen molar-refractivity contribution in [1.82, 2.24) is 10.2 Å². The van der Waals surface area contributed by atoms with Crippen LogP contribution in [0.4, 0.5) is 0 Å². The van der Waals surface area contributed by atoms with E-state index in [4.69, 9.17) is 10.00 Å². The maximum Gasteiger partial charge on any atom is 0.224 e. The average Bonchev–Trinajstić information content (AvgIpc) is 3.16. The molecule has 1 aliphatic heterocycles. The highest BCUT2D eigenvalue weighted by molar-refractivity contribution is 5.76. The standard InChI is InChI=1S/C13H21N3O2/c14-5-4-13(2-3-13)11-15-6-1-12(17)16-7-9-18-10-8-16/h15H,1-4,6-11H2. The normalized spacial score (nSPS) is 21.4. The molecule has 0 radical (unpaired) electrons. The fourth-order valence-corrected chi connectivity index (χ4v) is 2.28. The first-order chi connectivity index (χ1) is 8.76. The lowest BCUT2D eigenvalue weighted by Gasteiger charge is -2.27. The van der Waals surface area contributed by atoms with Gasteiger partial charge in [-0.05, 0) is 18.3 Å². The van der Waals surface area contributed by atoms with Crippen LogP contribution in [0.2, 0.25) is 0 Å². The number of hydrogen-bond donors (Lipinski definition) is 1. The molecular formula is C13H21N3O2. The van der Waals surface area contributed by atoms with Crippen molar-refractivity contribution < 1.29 is 9.53 Å². The van der Waals surface area contributed by atoms with Gasteiger partial charge in [-0.25, -0.2) is 0 Å². The lowest BCUT2D eigenvalue weighted by molar-refractivity contribution is -0.135. The number of carbonyl (C=O) groups is 1. The number of nitrogens with zero attached hydrogens (tertiary/aromatic N) is 2. The Morgan fingerprint density at radius 2 is 2.11 bits per heavy atom. The maximum atomic E-state index is 11.8. The Morgan fingerprint density at radius 3 is 2.72 bits per heavy atom. The minimum absolute atomic E-state index is 0.205. The summed E-state index contributed by atoms with van der Waals surface area (Å²) in [4.78, 5) is 13.7. The monoisotopic (exact) mass is 251 g/mol. The molecule has 2 rings (SSSR count). The Balaban J connectivity index is 1.58. The van der Waals surface area contributed by atoms with Crippen molar-refractivity contribution in [3.8, 4) is 6.07 Å². The summed E-state index contributed by atoms with van der Waals surface area (Å²) in [5.41, 5.74) is 0.219. The molecule has 0 aromatic carbocycles. The molecule has 18 heavy (non-hydrogen) atoms. The fraction of sp³-hybridized carbons (Fsp3) is 0.846. The quantitative estimate of drug-likeness (QED) is 0.699. The van der Waals surface area contributed by atoms with Gasteiger partial charge in [0.15, 0.2) is 0 Å². The van der Waals surface area contributed by atoms with Gasteiger partial charge in [-0.2, -0.15) is 5.26 Å². The third-order valence-corrected chi connectivity index (χ3v) is 3.79. The van der Waals surface area contributed by atoms with Gasteiger partial charge < -0.3 is 15.0 Å². The predicted octanol–water partition coefficient (Wildman–Crippen LogP) is 0.519. The summed E-state index contributed by atoms with van der Waals surface area (Å²) in [7, 11) is 0. The third kappa shape index (κ3) is 3.69. The molecule has 1 saturated heterocycles. The molecule has 1 heterocycles. The minimum atomic E-state index is 0.205. The second-order valence-corrected chi connectivity index (χ2v) is 5.25. The number of carbonyl (C=O) groups excluding carboxylic acids is 1. The zero-order valence-electron chi connectivity index (χ0n) is 10.8. The number of amides is 1. The average molecular weight is 251 g/mol. The predicted molar refractivity (Wildman–Crippen MR) is 66.8 cm³/mol. The van der Waals surface area contributed by atoms with Crippen molar-refractivity contribution in [1.29, 1.82) is 5.26 Å². The fourth-order valence-electron chi connectivity index (χ4n) is 2.28. The van der Waals surface area contributed by atoms with Crippen molar-refractivity contribution in [2.75, 3.05) is 39.4 Å². The van der Waals surface area contributed by atoms with Gasteiger partial charge in [0.25, 0.3) is 0 Å². The number of nitriles is 1. The molecule has 1 aliphatic carbocycles. The van der Waals surface area contributed by atoms with Crippen molar-refractivity contribution in [2.45, 2.75) is 25.7 Å². The van der Waals surface area contributed by atoms with Gasteiger partial charge in [-0.15, -0.1) is 0 Å². The van der Waals surface area contributed by atoms with E-state index in [0.29, 0.717) is 32.6 Å². The first kappa shape index (κ1) is 13.3. The maximum absolute atomic E-state index is 11.8. The summed E-state index contributed by atoms with van der Waals surface area (Å²) in [6, 6.07) is 2.24. The molecule has 2 aliphatic rings. The minimum Gasteiger partial charge on any atom is -0.378 e. The SMILES string of the molecule is N#CCC1(CNCCC(=O)N2CCOCC2)CC1. The second kappa shape index (κ2) is 6.17. The highest BCUT2D eigenvalue weighted by atomic mass is 16.5. The van der Waals surface area contributed by atoms with E-state index in [1.54, 1.807) is 0 Å². The van der Waals surface area contributed by atoms with E-state index in [2.05, 4.69) is 11.4 Å². The molecule has 0 unspecified atom stereocenters. The summed E-state index contributed by atoms with van der Waals surface area (Å²) < 4.78 is 5.22. The molecule has 0 aromatic heterocycles. The van der Waals surface area contributed by atoms with Crippen LogP contribution in [0.15, 0.2) is 0 Å². The molecule has 1 saturated carbocycles. The molecule has 1 amide bonds. The lowest BCUT2D eigenvalue weighted by atomic mass is 10.0. The molecular weight excluding hydrogens is 230 g/mol. The van der Waals surface area contributed by atoms with Gasteiger partial charge in [-0.3, -0.25) is 4.79 Å². The Morgan fingerprint density at radius 1 is 1.39 bits per heavy atom. The number of hydrogen-bond acceptors (Lipinski definition) is 4. The van der Waals surface area contributed by atoms with Crippen molar-refractivity contribution in [2.24, 2.45) is 5.41 Å². The Bertz CT molecular complexity index is 328. The zero-order valence-corrected chi connectivity index (χ0v) is 10.8. The topological polar surface area (TPSA) is 65.4 Å². The third-order valence-electron chi connectivity index (χ3n) is 3.79. The van der Waals surface area contributed by atoms with Gasteiger partial charge in [0.1, 0.15) is 0 Å². The van der Waals surface area contributed by atoms with Crippen LogP contribution in [-0.2, 0) is 9.53 Å². The molecule has 0 bridgehead atoms. The molecule has 0 spiro atoms. The van der Waals surface area contributed by atoms with Crippen LogP contribution in [0.5, 0.6) is 0 Å². The first-order valence-corrected chi connectivity index (χ1v) is 6.69. The van der Waals surface area contributed by atoms with Crippen molar-refractivity contribution in [3.05, 3.63) is 0 Å². The van der Waals surface area contributed by atoms with E-state index in [1.165, 1.54) is 0 Å². The Hall–Kier alpha value is -1.12. The van der Waals surface area contributed by atoms with E-state index in [1.807, 2.05) is 4.90 Å². The van der Waals surface area contributed by atoms with E-state index in [-0.39, 0.29) is 11.3 Å². The first-order valence-electron chi connectivity index (χ1n) is 6.69. The van der Waals surface area contributed by atoms with Gasteiger partial charge in [0, 0.05) is 39.0 Å². The largest absolute Gasteiger partial charge is 0.378 e. The smallest absolute Gasteiger partial charge is 0.224 e. The summed E-state index contributed by atoms with van der Waals surface area (Å²) in [6.45, 7) is 4.34. The van der Waals surface area contributed by atoms with E-state index < -0.39 is 0 Å². The Labute approximate surface area is 108 Å². The molecule has 2 fully saturated rings. The van der Waals surface area contributed by atoms with Crippen LogP contribution in [-0.4, -0.2) is 50.2 Å². The van der Waals surface area contributed by atoms with Crippen molar-refractivity contribution >= 4 is 5.91 Å². The van der Waals surface area contributed by atoms with Crippen LogP contribution in [0.3, 0.4) is 0 Å². The van der Waals surface area contributed by atoms with E-state index in [9.17, 15) is 4.79 Å². The highest BCUT2D eigenvalue weighted by Gasteiger charge is 2.41. The van der Waals surface area contributed by atoms with E-state index in [0.717, 1.165) is 32.5 Å². The van der Waals surface area contributed by atoms with Crippen LogP contribution >= 0.6 is 0 Å². The molecule has 100 valence electrons. The molecule has 1 N–H and O–H groups in total.